The molecular weight excluding hydrogens is 598 g/mol. The van der Waals surface area contributed by atoms with Crippen LogP contribution in [0.4, 0.5) is 0 Å². The summed E-state index contributed by atoms with van der Waals surface area (Å²) in [5, 5.41) is 0. The number of esters is 1. The molecule has 0 aromatic heterocycles. The minimum absolute atomic E-state index is 0.0837. The Morgan fingerprint density at radius 3 is 0.778 bits per heavy atom. The van der Waals surface area contributed by atoms with Crippen molar-refractivity contribution in [2.24, 2.45) is 5.73 Å². The topological polar surface area (TPSA) is 163 Å². The lowest BCUT2D eigenvalue weighted by Crippen LogP contribution is -2.27. The zero-order valence-electron chi connectivity index (χ0n) is 28.0. The first-order chi connectivity index (χ1) is 22.0. The van der Waals surface area contributed by atoms with Crippen molar-refractivity contribution in [3.8, 4) is 0 Å². The van der Waals surface area contributed by atoms with Crippen LogP contribution in [0.5, 0.6) is 0 Å². The Morgan fingerprint density at radius 1 is 0.378 bits per heavy atom. The molecule has 0 aliphatic carbocycles. The quantitative estimate of drug-likeness (QED) is 0.0723. The maximum atomic E-state index is 11.5. The Kier molecular flexibility index (Phi) is 35.0. The van der Waals surface area contributed by atoms with Gasteiger partial charge in [-0.3, -0.25) is 0 Å². The molecule has 2 N–H and O–H groups in total. The first-order valence-electron chi connectivity index (χ1n) is 15.8. The first-order valence-corrected chi connectivity index (χ1v) is 15.8. The van der Waals surface area contributed by atoms with E-state index in [1.165, 1.54) is 0 Å². The third-order valence-electron chi connectivity index (χ3n) is 4.99. The van der Waals surface area contributed by atoms with Gasteiger partial charge in [-0.05, 0) is 20.8 Å². The van der Waals surface area contributed by atoms with Gasteiger partial charge in [-0.15, -0.1) is 0 Å². The van der Waals surface area contributed by atoms with Crippen LogP contribution in [0.15, 0.2) is 0 Å². The predicted molar refractivity (Wildman–Crippen MR) is 165 cm³/mol. The number of carbonyl (C=O) groups is 1. The van der Waals surface area contributed by atoms with Crippen molar-refractivity contribution in [2.75, 3.05) is 165 Å². The van der Waals surface area contributed by atoms with Gasteiger partial charge in [0.1, 0.15) is 12.2 Å². The van der Waals surface area contributed by atoms with E-state index in [4.69, 9.17) is 67.3 Å². The highest BCUT2D eigenvalue weighted by atomic mass is 16.6. The van der Waals surface area contributed by atoms with Gasteiger partial charge in [0.05, 0.1) is 152 Å². The minimum Gasteiger partial charge on any atom is -0.458 e. The molecule has 0 spiro atoms. The third-order valence-corrected chi connectivity index (χ3v) is 4.99. The second-order valence-corrected chi connectivity index (χ2v) is 10.2. The van der Waals surface area contributed by atoms with E-state index in [-0.39, 0.29) is 12.6 Å². The molecule has 0 bridgehead atoms. The molecule has 0 unspecified atom stereocenters. The highest BCUT2D eigenvalue weighted by molar-refractivity contribution is 5.71. The molecule has 0 heterocycles. The number of nitrogens with two attached hydrogens (primary N) is 1. The van der Waals surface area contributed by atoms with Gasteiger partial charge in [0, 0.05) is 6.54 Å². The van der Waals surface area contributed by atoms with Crippen molar-refractivity contribution in [3.05, 3.63) is 0 Å². The Bertz CT molecular complexity index is 597. The summed E-state index contributed by atoms with van der Waals surface area (Å²) in [6, 6.07) is 0. The zero-order valence-corrected chi connectivity index (χ0v) is 28.0. The van der Waals surface area contributed by atoms with E-state index in [0.29, 0.717) is 159 Å². The van der Waals surface area contributed by atoms with E-state index in [0.717, 1.165) is 0 Å². The van der Waals surface area contributed by atoms with Gasteiger partial charge in [-0.25, -0.2) is 4.79 Å². The Labute approximate surface area is 269 Å². The van der Waals surface area contributed by atoms with Crippen LogP contribution in [0.3, 0.4) is 0 Å². The highest BCUT2D eigenvalue weighted by Gasteiger charge is 2.15. The second-order valence-electron chi connectivity index (χ2n) is 10.2. The van der Waals surface area contributed by atoms with Crippen LogP contribution >= 0.6 is 0 Å². The lowest BCUT2D eigenvalue weighted by atomic mass is 10.2. The van der Waals surface area contributed by atoms with Crippen molar-refractivity contribution in [2.45, 2.75) is 26.4 Å². The molecule has 0 aromatic carbocycles. The summed E-state index contributed by atoms with van der Waals surface area (Å²) in [5.74, 6) is -0.387. The SMILES string of the molecule is CC(C)(C)OC(=O)COCCOCCOCCOCCOCCOCCOCCOCCOCCOCCOCCOCCN. The maximum Gasteiger partial charge on any atom is 0.332 e. The van der Waals surface area contributed by atoms with Crippen molar-refractivity contribution < 1.29 is 66.4 Å². The van der Waals surface area contributed by atoms with Gasteiger partial charge in [-0.1, -0.05) is 0 Å². The van der Waals surface area contributed by atoms with E-state index in [1.807, 2.05) is 20.8 Å². The number of hydrogen-bond acceptors (Lipinski definition) is 15. The third kappa shape index (κ3) is 40.9. The summed E-state index contributed by atoms with van der Waals surface area (Å²) in [6.45, 7) is 17.1. The first kappa shape index (κ1) is 43.9. The largest absolute Gasteiger partial charge is 0.458 e. The molecule has 0 amide bonds. The number of hydrogen-bond donors (Lipinski definition) is 1. The number of carbonyl (C=O) groups excluding carboxylic acids is 1. The summed E-state index contributed by atoms with van der Waals surface area (Å²) < 4.78 is 69.9. The predicted octanol–water partition coefficient (Wildman–Crippen LogP) is 0.486. The zero-order chi connectivity index (χ0) is 32.9. The van der Waals surface area contributed by atoms with Gasteiger partial charge < -0.3 is 67.3 Å². The van der Waals surface area contributed by atoms with Gasteiger partial charge in [0.2, 0.25) is 0 Å². The molecule has 0 saturated carbocycles. The smallest absolute Gasteiger partial charge is 0.332 e. The summed E-state index contributed by atoms with van der Waals surface area (Å²) in [5.41, 5.74) is 4.82. The van der Waals surface area contributed by atoms with Gasteiger partial charge in [0.15, 0.2) is 0 Å². The lowest BCUT2D eigenvalue weighted by Gasteiger charge is -2.19. The number of ether oxygens (including phenoxy) is 13. The monoisotopic (exact) mass is 659 g/mol. The second kappa shape index (κ2) is 35.8. The normalized spacial score (nSPS) is 11.8. The molecule has 15 heteroatoms. The molecule has 0 rings (SSSR count). The molecule has 45 heavy (non-hydrogen) atoms. The van der Waals surface area contributed by atoms with Gasteiger partial charge in [0.25, 0.3) is 0 Å². The molecule has 0 atom stereocenters. The Hall–Kier alpha value is -1.05. The summed E-state index contributed by atoms with van der Waals surface area (Å²) >= 11 is 0. The molecule has 0 aliphatic heterocycles. The van der Waals surface area contributed by atoms with Crippen LogP contribution in [-0.4, -0.2) is 177 Å². The molecule has 270 valence electrons. The molecule has 0 aliphatic rings. The van der Waals surface area contributed by atoms with Gasteiger partial charge >= 0.3 is 5.97 Å². The van der Waals surface area contributed by atoms with E-state index in [2.05, 4.69) is 0 Å². The molecule has 0 fully saturated rings. The molecule has 0 radical (unpaired) electrons. The maximum absolute atomic E-state index is 11.5. The van der Waals surface area contributed by atoms with E-state index >= 15 is 0 Å². The van der Waals surface area contributed by atoms with Crippen LogP contribution in [0.2, 0.25) is 0 Å². The van der Waals surface area contributed by atoms with Crippen molar-refractivity contribution in [1.29, 1.82) is 0 Å². The highest BCUT2D eigenvalue weighted by Crippen LogP contribution is 2.06. The summed E-state index contributed by atoms with van der Waals surface area (Å²) in [4.78, 5) is 11.5. The summed E-state index contributed by atoms with van der Waals surface area (Å²) in [6.07, 6.45) is 0. The molecule has 0 aromatic rings. The molecule has 0 saturated heterocycles. The standard InChI is InChI=1S/C30H61NO14/c1-30(2,3)45-29(32)28-44-27-26-43-25-24-42-23-22-41-21-20-40-19-18-39-17-16-38-15-14-37-13-12-36-11-10-35-9-8-34-7-6-33-5-4-31/h4-28,31H2,1-3H3. The average molecular weight is 660 g/mol. The van der Waals surface area contributed by atoms with Crippen LogP contribution in [-0.2, 0) is 66.4 Å². The minimum atomic E-state index is -0.511. The summed E-state index contributed by atoms with van der Waals surface area (Å²) in [7, 11) is 0. The molecule has 15 nitrogen and oxygen atoms in total. The van der Waals surface area contributed by atoms with Crippen molar-refractivity contribution in [3.63, 3.8) is 0 Å². The fourth-order valence-corrected chi connectivity index (χ4v) is 3.03. The van der Waals surface area contributed by atoms with E-state index < -0.39 is 5.60 Å². The number of rotatable bonds is 37. The fourth-order valence-electron chi connectivity index (χ4n) is 3.03. The van der Waals surface area contributed by atoms with E-state index in [1.54, 1.807) is 0 Å². The van der Waals surface area contributed by atoms with Crippen LogP contribution in [0.1, 0.15) is 20.8 Å². The van der Waals surface area contributed by atoms with Gasteiger partial charge in [-0.2, -0.15) is 0 Å². The Morgan fingerprint density at radius 2 is 0.578 bits per heavy atom. The van der Waals surface area contributed by atoms with E-state index in [9.17, 15) is 4.79 Å². The van der Waals surface area contributed by atoms with Crippen LogP contribution in [0.25, 0.3) is 0 Å². The van der Waals surface area contributed by atoms with Crippen molar-refractivity contribution in [1.82, 2.24) is 0 Å². The van der Waals surface area contributed by atoms with Crippen molar-refractivity contribution >= 4 is 5.97 Å². The molecular formula is C30H61NO14. The lowest BCUT2D eigenvalue weighted by molar-refractivity contribution is -0.160. The Balaban J connectivity index is 3.09. The van der Waals surface area contributed by atoms with Crippen LogP contribution in [0, 0.1) is 0 Å². The average Bonchev–Trinajstić information content (AvgIpc) is 3.00. The van der Waals surface area contributed by atoms with Crippen LogP contribution < -0.4 is 5.73 Å². The fraction of sp³-hybridized carbons (Fsp3) is 0.967.